The van der Waals surface area contributed by atoms with Gasteiger partial charge in [0.2, 0.25) is 0 Å². The number of carbonyl (C=O) groups is 1. The molecule has 2 aromatic rings. The average Bonchev–Trinajstić information content (AvgIpc) is 2.55. The molecule has 2 rings (SSSR count). The fourth-order valence-electron chi connectivity index (χ4n) is 2.10. The van der Waals surface area contributed by atoms with Crippen LogP contribution in [-0.4, -0.2) is 23.7 Å². The fourth-order valence-corrected chi connectivity index (χ4v) is 2.10. The first-order valence-electron chi connectivity index (χ1n) is 7.23. The van der Waals surface area contributed by atoms with Crippen molar-refractivity contribution < 1.29 is 14.6 Å². The van der Waals surface area contributed by atoms with E-state index in [1.807, 2.05) is 32.0 Å². The summed E-state index contributed by atoms with van der Waals surface area (Å²) in [6.07, 6.45) is 1.32. The smallest absolute Gasteiger partial charge is 0.270 e. The molecule has 0 aliphatic carbocycles. The van der Waals surface area contributed by atoms with Crippen molar-refractivity contribution in [2.24, 2.45) is 5.16 Å². The molecule has 24 heavy (non-hydrogen) atoms. The van der Waals surface area contributed by atoms with Crippen LogP contribution >= 0.6 is 0 Å². The average molecular weight is 327 g/mol. The molecule has 0 aromatic heterocycles. The number of nitrogens with one attached hydrogen (secondary N) is 1. The monoisotopic (exact) mass is 327 g/mol. The number of hydrogen-bond acceptors (Lipinski definition) is 5. The van der Waals surface area contributed by atoms with Crippen LogP contribution in [0.5, 0.6) is 0 Å². The van der Waals surface area contributed by atoms with E-state index in [0.29, 0.717) is 5.56 Å². The van der Waals surface area contributed by atoms with Gasteiger partial charge in [0, 0.05) is 23.4 Å². The van der Waals surface area contributed by atoms with Crippen LogP contribution in [0.3, 0.4) is 0 Å². The van der Waals surface area contributed by atoms with Crippen molar-refractivity contribution in [3.05, 3.63) is 69.3 Å². The third kappa shape index (κ3) is 4.64. The number of rotatable bonds is 6. The van der Waals surface area contributed by atoms with Crippen LogP contribution in [0.25, 0.3) is 0 Å². The highest BCUT2D eigenvalue weighted by Crippen LogP contribution is 2.19. The number of nitro benzene ring substituents is 1. The third-order valence-corrected chi connectivity index (χ3v) is 3.30. The lowest BCUT2D eigenvalue weighted by molar-refractivity contribution is -0.384. The van der Waals surface area contributed by atoms with Gasteiger partial charge in [-0.2, -0.15) is 0 Å². The van der Waals surface area contributed by atoms with Gasteiger partial charge < -0.3 is 10.2 Å². The standard InChI is InChI=1S/C17H17N3O4/c1-12-5-3-6-13(2)17(12)19-16(21)11-24-18-10-14-7-4-8-15(9-14)20(22)23/h3-10H,11H2,1-2H3,(H,19,21)/b18-10-. The van der Waals surface area contributed by atoms with Crippen molar-refractivity contribution in [2.45, 2.75) is 13.8 Å². The molecule has 0 spiro atoms. The van der Waals surface area contributed by atoms with Gasteiger partial charge in [0.1, 0.15) is 0 Å². The number of amides is 1. The lowest BCUT2D eigenvalue weighted by atomic mass is 10.1. The molecule has 0 bridgehead atoms. The summed E-state index contributed by atoms with van der Waals surface area (Å²) >= 11 is 0. The number of para-hydroxylation sites is 1. The number of aryl methyl sites for hydroxylation is 2. The van der Waals surface area contributed by atoms with Gasteiger partial charge in [-0.25, -0.2) is 0 Å². The van der Waals surface area contributed by atoms with Crippen molar-refractivity contribution in [3.63, 3.8) is 0 Å². The number of hydrogen-bond donors (Lipinski definition) is 1. The zero-order chi connectivity index (χ0) is 17.5. The highest BCUT2D eigenvalue weighted by Gasteiger charge is 2.07. The molecule has 0 radical (unpaired) electrons. The Bertz CT molecular complexity index is 767. The molecule has 0 saturated heterocycles. The lowest BCUT2D eigenvalue weighted by Crippen LogP contribution is -2.18. The minimum Gasteiger partial charge on any atom is -0.386 e. The van der Waals surface area contributed by atoms with E-state index in [4.69, 9.17) is 4.84 Å². The highest BCUT2D eigenvalue weighted by atomic mass is 16.6. The van der Waals surface area contributed by atoms with Crippen LogP contribution in [-0.2, 0) is 9.63 Å². The van der Waals surface area contributed by atoms with Crippen molar-refractivity contribution >= 4 is 23.5 Å². The third-order valence-electron chi connectivity index (χ3n) is 3.30. The molecule has 1 amide bonds. The molecule has 0 aliphatic rings. The molecule has 1 N–H and O–H groups in total. The number of oxime groups is 1. The fraction of sp³-hybridized carbons (Fsp3) is 0.176. The molecule has 0 unspecified atom stereocenters. The number of nitrogens with zero attached hydrogens (tertiary/aromatic N) is 2. The summed E-state index contributed by atoms with van der Waals surface area (Å²) in [5.74, 6) is -0.330. The van der Waals surface area contributed by atoms with E-state index >= 15 is 0 Å². The normalized spacial score (nSPS) is 10.6. The molecule has 0 saturated carbocycles. The van der Waals surface area contributed by atoms with Gasteiger partial charge in [-0.15, -0.1) is 0 Å². The van der Waals surface area contributed by atoms with Crippen LogP contribution in [0, 0.1) is 24.0 Å². The molecular formula is C17H17N3O4. The van der Waals surface area contributed by atoms with E-state index in [2.05, 4.69) is 10.5 Å². The highest BCUT2D eigenvalue weighted by molar-refractivity contribution is 5.93. The first-order chi connectivity index (χ1) is 11.5. The van der Waals surface area contributed by atoms with Crippen LogP contribution in [0.15, 0.2) is 47.6 Å². The van der Waals surface area contributed by atoms with Crippen molar-refractivity contribution in [3.8, 4) is 0 Å². The number of non-ortho nitro benzene ring substituents is 1. The van der Waals surface area contributed by atoms with E-state index < -0.39 is 4.92 Å². The number of carbonyl (C=O) groups excluding carboxylic acids is 1. The Hall–Kier alpha value is -3.22. The molecule has 124 valence electrons. The van der Waals surface area contributed by atoms with Gasteiger partial charge in [0.05, 0.1) is 11.1 Å². The Morgan fingerprint density at radius 1 is 1.25 bits per heavy atom. The SMILES string of the molecule is Cc1cccc(C)c1NC(=O)CO/N=C\c1cccc([N+](=O)[O-])c1. The van der Waals surface area contributed by atoms with Crippen LogP contribution in [0.4, 0.5) is 11.4 Å². The molecule has 2 aromatic carbocycles. The maximum absolute atomic E-state index is 11.9. The van der Waals surface area contributed by atoms with Gasteiger partial charge >= 0.3 is 0 Å². The Morgan fingerprint density at radius 2 is 1.92 bits per heavy atom. The van der Waals surface area contributed by atoms with E-state index in [1.54, 1.807) is 12.1 Å². The predicted molar refractivity (Wildman–Crippen MR) is 91.2 cm³/mol. The summed E-state index contributed by atoms with van der Waals surface area (Å²) in [5, 5.41) is 17.1. The van der Waals surface area contributed by atoms with Gasteiger partial charge in [-0.3, -0.25) is 14.9 Å². The van der Waals surface area contributed by atoms with Crippen molar-refractivity contribution in [2.75, 3.05) is 11.9 Å². The van der Waals surface area contributed by atoms with Crippen LogP contribution in [0.1, 0.15) is 16.7 Å². The molecule has 7 heteroatoms. The van der Waals surface area contributed by atoms with E-state index in [-0.39, 0.29) is 18.2 Å². The Morgan fingerprint density at radius 3 is 2.58 bits per heavy atom. The van der Waals surface area contributed by atoms with E-state index in [1.165, 1.54) is 18.3 Å². The topological polar surface area (TPSA) is 93.8 Å². The molecule has 0 heterocycles. The van der Waals surface area contributed by atoms with Gasteiger partial charge in [-0.1, -0.05) is 35.5 Å². The van der Waals surface area contributed by atoms with E-state index in [9.17, 15) is 14.9 Å². The summed E-state index contributed by atoms with van der Waals surface area (Å²) in [7, 11) is 0. The van der Waals surface area contributed by atoms with E-state index in [0.717, 1.165) is 16.8 Å². The first kappa shape index (κ1) is 17.1. The molecule has 0 atom stereocenters. The molecule has 0 fully saturated rings. The second-order valence-corrected chi connectivity index (χ2v) is 5.18. The lowest BCUT2D eigenvalue weighted by Gasteiger charge is -2.10. The predicted octanol–water partition coefficient (Wildman–Crippen LogP) is 3.20. The minimum atomic E-state index is -0.490. The quantitative estimate of drug-likeness (QED) is 0.501. The molecular weight excluding hydrogens is 310 g/mol. The molecule has 7 nitrogen and oxygen atoms in total. The largest absolute Gasteiger partial charge is 0.386 e. The van der Waals surface area contributed by atoms with Gasteiger partial charge in [0.25, 0.3) is 11.6 Å². The maximum atomic E-state index is 11.9. The van der Waals surface area contributed by atoms with Crippen LogP contribution in [0.2, 0.25) is 0 Å². The first-order valence-corrected chi connectivity index (χ1v) is 7.23. The van der Waals surface area contributed by atoms with Crippen molar-refractivity contribution in [1.82, 2.24) is 0 Å². The summed E-state index contributed by atoms with van der Waals surface area (Å²) in [5.41, 5.74) is 3.16. The summed E-state index contributed by atoms with van der Waals surface area (Å²) in [6.45, 7) is 3.56. The Balaban J connectivity index is 1.88. The van der Waals surface area contributed by atoms with Crippen molar-refractivity contribution in [1.29, 1.82) is 0 Å². The Labute approximate surface area is 139 Å². The number of benzene rings is 2. The number of nitro groups is 1. The van der Waals surface area contributed by atoms with Crippen LogP contribution < -0.4 is 5.32 Å². The number of anilines is 1. The second kappa shape index (κ2) is 7.87. The molecule has 0 aliphatic heterocycles. The zero-order valence-electron chi connectivity index (χ0n) is 13.4. The minimum absolute atomic E-state index is 0.0354. The summed E-state index contributed by atoms with van der Waals surface area (Å²) in [4.78, 5) is 27.0. The zero-order valence-corrected chi connectivity index (χ0v) is 13.4. The maximum Gasteiger partial charge on any atom is 0.270 e. The van der Waals surface area contributed by atoms with Gasteiger partial charge in [-0.05, 0) is 25.0 Å². The Kier molecular flexibility index (Phi) is 5.62. The summed E-state index contributed by atoms with van der Waals surface area (Å²) < 4.78 is 0. The van der Waals surface area contributed by atoms with Gasteiger partial charge in [0.15, 0.2) is 6.61 Å². The second-order valence-electron chi connectivity index (χ2n) is 5.18. The summed E-state index contributed by atoms with van der Waals surface area (Å²) in [6, 6.07) is 11.7.